The summed E-state index contributed by atoms with van der Waals surface area (Å²) in [7, 11) is 0.0607. The van der Waals surface area contributed by atoms with Crippen LogP contribution in [0.4, 0.5) is 11.4 Å². The molecule has 0 heterocycles. The van der Waals surface area contributed by atoms with Crippen LogP contribution in [0.5, 0.6) is 0 Å². The van der Waals surface area contributed by atoms with Crippen molar-refractivity contribution in [3.8, 4) is 0 Å². The number of hydrogen-bond acceptors (Lipinski definition) is 6. The zero-order valence-corrected chi connectivity index (χ0v) is 16.9. The Morgan fingerprint density at radius 3 is 2.56 bits per heavy atom. The summed E-state index contributed by atoms with van der Waals surface area (Å²) < 4.78 is 27.3. The van der Waals surface area contributed by atoms with E-state index in [0.717, 1.165) is 19.0 Å². The second kappa shape index (κ2) is 10.0. The number of nitrogens with zero attached hydrogens (tertiary/aromatic N) is 2. The van der Waals surface area contributed by atoms with E-state index in [0.29, 0.717) is 24.6 Å². The summed E-state index contributed by atoms with van der Waals surface area (Å²) in [5.74, 6) is 0.683. The molecular weight excluding hydrogens is 368 g/mol. The maximum atomic E-state index is 12.4. The zero-order valence-electron chi connectivity index (χ0n) is 16.1. The topological polar surface area (TPSA) is 105 Å². The van der Waals surface area contributed by atoms with E-state index in [2.05, 4.69) is 10.0 Å². The fourth-order valence-corrected chi connectivity index (χ4v) is 4.47. The van der Waals surface area contributed by atoms with E-state index in [-0.39, 0.29) is 17.1 Å². The maximum Gasteiger partial charge on any atom is 0.293 e. The van der Waals surface area contributed by atoms with Gasteiger partial charge in [0.2, 0.25) is 10.0 Å². The quantitative estimate of drug-likeness (QED) is 0.337. The van der Waals surface area contributed by atoms with Crippen LogP contribution in [0, 0.1) is 16.0 Å². The van der Waals surface area contributed by atoms with Gasteiger partial charge in [-0.2, -0.15) is 0 Å². The first-order valence-electron chi connectivity index (χ1n) is 9.46. The van der Waals surface area contributed by atoms with Crippen LogP contribution < -0.4 is 10.0 Å². The molecule has 0 aliphatic heterocycles. The van der Waals surface area contributed by atoms with Crippen LogP contribution in [0.25, 0.3) is 0 Å². The summed E-state index contributed by atoms with van der Waals surface area (Å²) in [5, 5.41) is 14.5. The molecule has 27 heavy (non-hydrogen) atoms. The molecule has 1 aromatic rings. The van der Waals surface area contributed by atoms with Crippen molar-refractivity contribution in [3.05, 3.63) is 28.3 Å². The highest BCUT2D eigenvalue weighted by atomic mass is 32.2. The molecule has 0 atom stereocenters. The number of nitro benzene ring substituents is 1. The average molecular weight is 399 g/mol. The highest BCUT2D eigenvalue weighted by Crippen LogP contribution is 2.30. The number of nitro groups is 1. The van der Waals surface area contributed by atoms with Crippen LogP contribution in [0.2, 0.25) is 0 Å². The van der Waals surface area contributed by atoms with Crippen molar-refractivity contribution in [1.29, 1.82) is 0 Å². The smallest absolute Gasteiger partial charge is 0.293 e. The lowest BCUT2D eigenvalue weighted by molar-refractivity contribution is -0.384. The Morgan fingerprint density at radius 2 is 1.93 bits per heavy atom. The van der Waals surface area contributed by atoms with Crippen molar-refractivity contribution < 1.29 is 13.3 Å². The largest absolute Gasteiger partial charge is 0.379 e. The Hall–Kier alpha value is -1.71. The Balaban J connectivity index is 2.01. The van der Waals surface area contributed by atoms with E-state index < -0.39 is 14.9 Å². The normalized spacial score (nSPS) is 15.4. The van der Waals surface area contributed by atoms with E-state index in [1.807, 2.05) is 19.0 Å². The molecule has 0 unspecified atom stereocenters. The first-order chi connectivity index (χ1) is 12.8. The molecule has 1 aromatic carbocycles. The Kier molecular flexibility index (Phi) is 8.00. The van der Waals surface area contributed by atoms with Crippen molar-refractivity contribution >= 4 is 21.4 Å². The summed E-state index contributed by atoms with van der Waals surface area (Å²) in [6, 6.07) is 4.03. The van der Waals surface area contributed by atoms with Crippen LogP contribution >= 0.6 is 0 Å². The first-order valence-corrected chi connectivity index (χ1v) is 10.9. The molecule has 2 N–H and O–H groups in total. The Morgan fingerprint density at radius 1 is 1.22 bits per heavy atom. The molecule has 1 aliphatic carbocycles. The van der Waals surface area contributed by atoms with E-state index in [1.165, 1.54) is 37.8 Å². The molecule has 2 rings (SSSR count). The molecule has 0 bridgehead atoms. The van der Waals surface area contributed by atoms with Gasteiger partial charge in [-0.05, 0) is 51.5 Å². The van der Waals surface area contributed by atoms with Crippen LogP contribution in [0.15, 0.2) is 23.1 Å². The average Bonchev–Trinajstić information content (AvgIpc) is 3.12. The molecule has 8 nitrogen and oxygen atoms in total. The predicted octanol–water partition coefficient (Wildman–Crippen LogP) is 2.82. The lowest BCUT2D eigenvalue weighted by Gasteiger charge is -2.13. The third kappa shape index (κ3) is 6.75. The van der Waals surface area contributed by atoms with Crippen LogP contribution in [0.3, 0.4) is 0 Å². The Bertz CT molecular complexity index is 731. The van der Waals surface area contributed by atoms with Crippen molar-refractivity contribution in [3.63, 3.8) is 0 Å². The molecule has 9 heteroatoms. The maximum absolute atomic E-state index is 12.4. The van der Waals surface area contributed by atoms with Gasteiger partial charge in [0.1, 0.15) is 5.69 Å². The van der Waals surface area contributed by atoms with Crippen molar-refractivity contribution in [2.45, 2.75) is 43.4 Å². The molecular formula is C18H30N4O4S. The van der Waals surface area contributed by atoms with E-state index >= 15 is 0 Å². The van der Waals surface area contributed by atoms with E-state index in [4.69, 9.17) is 0 Å². The second-order valence-electron chi connectivity index (χ2n) is 7.36. The molecule has 1 fully saturated rings. The molecule has 0 radical (unpaired) electrons. The predicted molar refractivity (Wildman–Crippen MR) is 107 cm³/mol. The lowest BCUT2D eigenvalue weighted by Crippen LogP contribution is -2.27. The van der Waals surface area contributed by atoms with Gasteiger partial charge < -0.3 is 10.2 Å². The summed E-state index contributed by atoms with van der Waals surface area (Å²) in [5.41, 5.74) is 0.155. The number of sulfonamides is 1. The molecule has 152 valence electrons. The van der Waals surface area contributed by atoms with Crippen molar-refractivity contribution in [2.24, 2.45) is 5.92 Å². The first kappa shape index (κ1) is 21.6. The summed E-state index contributed by atoms with van der Waals surface area (Å²) in [6.07, 6.45) is 6.61. The summed E-state index contributed by atoms with van der Waals surface area (Å²) in [4.78, 5) is 12.7. The highest BCUT2D eigenvalue weighted by molar-refractivity contribution is 7.89. The molecule has 0 aromatic heterocycles. The van der Waals surface area contributed by atoms with Crippen molar-refractivity contribution in [2.75, 3.05) is 39.0 Å². The standard InChI is InChI=1S/C18H30N4O4S/c1-21(2)13-5-11-20-27(25,26)16-8-9-17(18(14-16)22(23)24)19-12-10-15-6-3-4-7-15/h8-9,14-15,19-20H,3-7,10-13H2,1-2H3. The second-order valence-corrected chi connectivity index (χ2v) is 9.12. The number of nitrogens with one attached hydrogen (secondary N) is 2. The van der Waals surface area contributed by atoms with Gasteiger partial charge in [0, 0.05) is 19.2 Å². The third-order valence-corrected chi connectivity index (χ3v) is 6.35. The summed E-state index contributed by atoms with van der Waals surface area (Å²) >= 11 is 0. The van der Waals surface area contributed by atoms with Gasteiger partial charge in [0.25, 0.3) is 5.69 Å². The van der Waals surface area contributed by atoms with Gasteiger partial charge in [-0.25, -0.2) is 13.1 Å². The molecule has 1 saturated carbocycles. The van der Waals surface area contributed by atoms with Gasteiger partial charge in [0.05, 0.1) is 9.82 Å². The fraction of sp³-hybridized carbons (Fsp3) is 0.667. The Labute approximate surface area is 161 Å². The van der Waals surface area contributed by atoms with Gasteiger partial charge in [-0.1, -0.05) is 25.7 Å². The van der Waals surface area contributed by atoms with Gasteiger partial charge >= 0.3 is 0 Å². The van der Waals surface area contributed by atoms with Crippen LogP contribution in [-0.4, -0.2) is 52.0 Å². The van der Waals surface area contributed by atoms with Gasteiger partial charge in [-0.3, -0.25) is 10.1 Å². The van der Waals surface area contributed by atoms with Gasteiger partial charge in [-0.15, -0.1) is 0 Å². The molecule has 0 spiro atoms. The molecule has 0 saturated heterocycles. The fourth-order valence-electron chi connectivity index (χ4n) is 3.37. The number of anilines is 1. The molecule has 0 amide bonds. The number of hydrogen-bond donors (Lipinski definition) is 2. The zero-order chi connectivity index (χ0) is 19.9. The highest BCUT2D eigenvalue weighted by Gasteiger charge is 2.21. The van der Waals surface area contributed by atoms with Crippen LogP contribution in [0.1, 0.15) is 38.5 Å². The SMILES string of the molecule is CN(C)CCCNS(=O)(=O)c1ccc(NCCC2CCCC2)c([N+](=O)[O-])c1. The van der Waals surface area contributed by atoms with E-state index in [9.17, 15) is 18.5 Å². The minimum Gasteiger partial charge on any atom is -0.379 e. The third-order valence-electron chi connectivity index (χ3n) is 4.89. The van der Waals surface area contributed by atoms with E-state index in [1.54, 1.807) is 0 Å². The monoisotopic (exact) mass is 398 g/mol. The van der Waals surface area contributed by atoms with Gasteiger partial charge in [0.15, 0.2) is 0 Å². The number of benzene rings is 1. The minimum absolute atomic E-state index is 0.0830. The summed E-state index contributed by atoms with van der Waals surface area (Å²) in [6.45, 7) is 1.70. The van der Waals surface area contributed by atoms with Crippen LogP contribution in [-0.2, 0) is 10.0 Å². The lowest BCUT2D eigenvalue weighted by atomic mass is 10.0. The number of rotatable bonds is 11. The molecule has 1 aliphatic rings. The van der Waals surface area contributed by atoms with Crippen molar-refractivity contribution in [1.82, 2.24) is 9.62 Å². The minimum atomic E-state index is -3.77.